The molecule has 2 N–H and O–H groups in total. The highest BCUT2D eigenvalue weighted by Gasteiger charge is 2.31. The second-order valence-electron chi connectivity index (χ2n) is 7.10. The van der Waals surface area contributed by atoms with Crippen molar-refractivity contribution in [2.24, 2.45) is 0 Å². The third-order valence-corrected chi connectivity index (χ3v) is 7.21. The summed E-state index contributed by atoms with van der Waals surface area (Å²) in [5.41, 5.74) is 1.40. The lowest BCUT2D eigenvalue weighted by Gasteiger charge is -2.19. The average molecular weight is 514 g/mol. The van der Waals surface area contributed by atoms with Crippen molar-refractivity contribution in [2.75, 3.05) is 0 Å². The van der Waals surface area contributed by atoms with Crippen molar-refractivity contribution in [3.05, 3.63) is 107 Å². The molecule has 1 unspecified atom stereocenters. The van der Waals surface area contributed by atoms with E-state index in [0.717, 1.165) is 0 Å². The Bertz CT molecular complexity index is 1100. The number of hydrogen-bond acceptors (Lipinski definition) is 6. The second kappa shape index (κ2) is 12.4. The average Bonchev–Trinajstić information content (AvgIpc) is 2.85. The van der Waals surface area contributed by atoms with Crippen LogP contribution in [0.2, 0.25) is 5.02 Å². The molecule has 0 saturated heterocycles. The number of carbonyl (C=O) groups excluding carboxylic acids is 3. The van der Waals surface area contributed by atoms with Gasteiger partial charge in [0.2, 0.25) is 16.1 Å². The normalized spacial score (nSPS) is 11.6. The maximum Gasteiger partial charge on any atom is 0.326 e. The number of carboxylic acid groups (broad SMARTS) is 1. The minimum atomic E-state index is -1.25. The van der Waals surface area contributed by atoms with Gasteiger partial charge in [-0.25, -0.2) is 4.79 Å². The first-order valence-corrected chi connectivity index (χ1v) is 12.3. The Hall–Kier alpha value is -3.07. The minimum absolute atomic E-state index is 0.0135. The molecule has 0 fully saturated rings. The second-order valence-corrected chi connectivity index (χ2v) is 10.00. The van der Waals surface area contributed by atoms with Gasteiger partial charge in [-0.1, -0.05) is 108 Å². The molecule has 0 spiro atoms. The van der Waals surface area contributed by atoms with E-state index in [2.05, 4.69) is 5.32 Å². The van der Waals surface area contributed by atoms with Gasteiger partial charge in [0.15, 0.2) is 0 Å². The van der Waals surface area contributed by atoms with Crippen LogP contribution in [0.5, 0.6) is 0 Å². The van der Waals surface area contributed by atoms with Crippen LogP contribution in [0.3, 0.4) is 0 Å². The zero-order valence-electron chi connectivity index (χ0n) is 17.7. The SMILES string of the molecule is O=C(SC(SC(=O)c1ccccc1)C(=O)NC(Cc1ccc(Cl)cc1)C(=O)O)c1ccccc1. The highest BCUT2D eigenvalue weighted by atomic mass is 35.5. The molecule has 0 aliphatic heterocycles. The molecule has 0 saturated carbocycles. The third kappa shape index (κ3) is 7.48. The fraction of sp³-hybridized carbons (Fsp3) is 0.120. The van der Waals surface area contributed by atoms with E-state index in [1.165, 1.54) is 0 Å². The summed E-state index contributed by atoms with van der Waals surface area (Å²) in [4.78, 5) is 50.4. The van der Waals surface area contributed by atoms with Gasteiger partial charge in [0.1, 0.15) is 10.6 Å². The van der Waals surface area contributed by atoms with Gasteiger partial charge in [0.25, 0.3) is 0 Å². The largest absolute Gasteiger partial charge is 0.480 e. The molecule has 0 bridgehead atoms. The molecule has 1 atom stereocenters. The quantitative estimate of drug-likeness (QED) is 0.391. The van der Waals surface area contributed by atoms with Crippen LogP contribution in [-0.4, -0.2) is 37.8 Å². The molecule has 174 valence electrons. The Kier molecular flexibility index (Phi) is 9.33. The predicted octanol–water partition coefficient (Wildman–Crippen LogP) is 4.93. The monoisotopic (exact) mass is 513 g/mol. The number of aliphatic carboxylic acids is 1. The molecule has 3 aromatic carbocycles. The number of hydrogen-bond donors (Lipinski definition) is 2. The fourth-order valence-electron chi connectivity index (χ4n) is 2.91. The fourth-order valence-corrected chi connectivity index (χ4v) is 5.03. The van der Waals surface area contributed by atoms with Gasteiger partial charge in [-0.15, -0.1) is 0 Å². The van der Waals surface area contributed by atoms with Crippen LogP contribution >= 0.6 is 35.1 Å². The number of amides is 1. The molecule has 1 amide bonds. The molecule has 9 heteroatoms. The van der Waals surface area contributed by atoms with Crippen molar-refractivity contribution < 1.29 is 24.3 Å². The number of carbonyl (C=O) groups is 4. The zero-order valence-corrected chi connectivity index (χ0v) is 20.1. The van der Waals surface area contributed by atoms with Gasteiger partial charge in [-0.3, -0.25) is 14.4 Å². The van der Waals surface area contributed by atoms with Crippen molar-refractivity contribution in [3.8, 4) is 0 Å². The van der Waals surface area contributed by atoms with E-state index in [0.29, 0.717) is 45.2 Å². The summed E-state index contributed by atoms with van der Waals surface area (Å²) in [7, 11) is 0. The highest BCUT2D eigenvalue weighted by Crippen LogP contribution is 2.30. The molecule has 34 heavy (non-hydrogen) atoms. The first kappa shape index (κ1) is 25.6. The number of carboxylic acids is 1. The number of rotatable bonds is 9. The maximum absolute atomic E-state index is 13.1. The predicted molar refractivity (Wildman–Crippen MR) is 135 cm³/mol. The molecule has 0 aliphatic carbocycles. The van der Waals surface area contributed by atoms with Gasteiger partial charge < -0.3 is 10.4 Å². The summed E-state index contributed by atoms with van der Waals surface area (Å²) in [5, 5.41) is 11.8. The molecule has 3 rings (SSSR count). The lowest BCUT2D eigenvalue weighted by molar-refractivity contribution is -0.141. The summed E-state index contributed by atoms with van der Waals surface area (Å²) in [6, 6.07) is 22.0. The van der Waals surface area contributed by atoms with Gasteiger partial charge in [0, 0.05) is 22.6 Å². The molecule has 0 aliphatic rings. The topological polar surface area (TPSA) is 101 Å². The Morgan fingerprint density at radius 2 is 1.24 bits per heavy atom. The van der Waals surface area contributed by atoms with E-state index in [-0.39, 0.29) is 6.42 Å². The van der Waals surface area contributed by atoms with E-state index in [1.807, 2.05) is 0 Å². The molecule has 6 nitrogen and oxygen atoms in total. The third-order valence-electron chi connectivity index (χ3n) is 4.63. The van der Waals surface area contributed by atoms with E-state index in [9.17, 15) is 24.3 Å². The van der Waals surface area contributed by atoms with Crippen molar-refractivity contribution in [3.63, 3.8) is 0 Å². The Balaban J connectivity index is 1.78. The molecular formula is C25H20ClNO5S2. The minimum Gasteiger partial charge on any atom is -0.480 e. The standard InChI is InChI=1S/C25H20ClNO5S2/c26-19-13-11-16(12-14-19)15-20(22(29)30)27-21(28)25(33-23(31)17-7-3-1-4-8-17)34-24(32)18-9-5-2-6-10-18/h1-14,20,25H,15H2,(H,27,28)(H,29,30). The molecule has 0 aromatic heterocycles. The summed E-state index contributed by atoms with van der Waals surface area (Å²) in [6.07, 6.45) is 0.0135. The Labute approximate surface area is 210 Å². The lowest BCUT2D eigenvalue weighted by Crippen LogP contribution is -2.45. The summed E-state index contributed by atoms with van der Waals surface area (Å²) >= 11 is 7.22. The van der Waals surface area contributed by atoms with Gasteiger partial charge in [-0.05, 0) is 17.7 Å². The van der Waals surface area contributed by atoms with Crippen molar-refractivity contribution in [2.45, 2.75) is 17.0 Å². The first-order chi connectivity index (χ1) is 16.3. The highest BCUT2D eigenvalue weighted by molar-refractivity contribution is 8.31. The van der Waals surface area contributed by atoms with Crippen LogP contribution in [0.15, 0.2) is 84.9 Å². The zero-order chi connectivity index (χ0) is 24.5. The number of halogens is 1. The Morgan fingerprint density at radius 1 is 0.765 bits per heavy atom. The van der Waals surface area contributed by atoms with Crippen LogP contribution < -0.4 is 5.32 Å². The van der Waals surface area contributed by atoms with E-state index >= 15 is 0 Å². The van der Waals surface area contributed by atoms with Crippen molar-refractivity contribution >= 4 is 57.2 Å². The van der Waals surface area contributed by atoms with Gasteiger partial charge in [0.05, 0.1) is 0 Å². The number of benzene rings is 3. The molecule has 0 heterocycles. The lowest BCUT2D eigenvalue weighted by atomic mass is 10.1. The molecular weight excluding hydrogens is 494 g/mol. The van der Waals surface area contributed by atoms with Crippen LogP contribution in [-0.2, 0) is 16.0 Å². The van der Waals surface area contributed by atoms with Crippen LogP contribution in [0.25, 0.3) is 0 Å². The maximum atomic E-state index is 13.1. The van der Waals surface area contributed by atoms with Crippen LogP contribution in [0.4, 0.5) is 0 Å². The number of nitrogens with one attached hydrogen (secondary N) is 1. The first-order valence-electron chi connectivity index (χ1n) is 10.1. The van der Waals surface area contributed by atoms with Gasteiger partial charge in [-0.2, -0.15) is 0 Å². The molecule has 3 aromatic rings. The van der Waals surface area contributed by atoms with E-state index < -0.39 is 32.7 Å². The smallest absolute Gasteiger partial charge is 0.326 e. The van der Waals surface area contributed by atoms with Crippen LogP contribution in [0, 0.1) is 0 Å². The summed E-state index contributed by atoms with van der Waals surface area (Å²) < 4.78 is -1.19. The van der Waals surface area contributed by atoms with E-state index in [4.69, 9.17) is 11.6 Å². The van der Waals surface area contributed by atoms with Gasteiger partial charge >= 0.3 is 5.97 Å². The molecule has 0 radical (unpaired) electrons. The van der Waals surface area contributed by atoms with E-state index in [1.54, 1.807) is 84.9 Å². The summed E-state index contributed by atoms with van der Waals surface area (Å²) in [6.45, 7) is 0. The van der Waals surface area contributed by atoms with Crippen molar-refractivity contribution in [1.82, 2.24) is 5.32 Å². The Morgan fingerprint density at radius 3 is 1.68 bits per heavy atom. The summed E-state index contributed by atoms with van der Waals surface area (Å²) in [5.74, 6) is -1.97. The van der Waals surface area contributed by atoms with Crippen LogP contribution in [0.1, 0.15) is 26.3 Å². The van der Waals surface area contributed by atoms with Crippen molar-refractivity contribution in [1.29, 1.82) is 0 Å². The number of thioether (sulfide) groups is 2.